The number of likely N-dealkylation sites (tertiary alicyclic amines) is 1. The number of carbonyl (C=O) groups excluding carboxylic acids is 1. The number of benzene rings is 1. The van der Waals surface area contributed by atoms with Crippen LogP contribution in [0.4, 0.5) is 22.0 Å². The summed E-state index contributed by atoms with van der Waals surface area (Å²) in [4.78, 5) is 25.9. The number of ether oxygens (including phenoxy) is 1. The third-order valence-corrected chi connectivity index (χ3v) is 6.28. The molecule has 1 unspecified atom stereocenters. The molecule has 1 amide bonds. The largest absolute Gasteiger partial charge is 0.481 e. The van der Waals surface area contributed by atoms with Crippen molar-refractivity contribution in [1.82, 2.24) is 25.2 Å². The second kappa shape index (κ2) is 10.1. The molecule has 3 heterocycles. The Labute approximate surface area is 207 Å². The summed E-state index contributed by atoms with van der Waals surface area (Å²) in [5, 5.41) is 3.36. The maximum atomic E-state index is 13.7. The average Bonchev–Trinajstić information content (AvgIpc) is 2.84. The van der Waals surface area contributed by atoms with Gasteiger partial charge in [-0.2, -0.15) is 13.2 Å². The fourth-order valence-corrected chi connectivity index (χ4v) is 4.31. The number of amides is 1. The normalized spacial score (nSPS) is 17.1. The van der Waals surface area contributed by atoms with Crippen molar-refractivity contribution in [1.29, 1.82) is 0 Å². The highest BCUT2D eigenvalue weighted by Crippen LogP contribution is 2.33. The zero-order chi connectivity index (χ0) is 26.1. The molecular weight excluding hydrogens is 509 g/mol. The first kappa shape index (κ1) is 26.0. The van der Waals surface area contributed by atoms with E-state index in [0.717, 1.165) is 12.4 Å². The minimum absolute atomic E-state index is 0.0205. The van der Waals surface area contributed by atoms with E-state index in [1.165, 1.54) is 13.2 Å². The number of hydrogen-bond donors (Lipinski definition) is 1. The monoisotopic (exact) mass is 529 g/mol. The van der Waals surface area contributed by atoms with Crippen LogP contribution in [0.2, 0.25) is 5.02 Å². The molecule has 0 aliphatic carbocycles. The van der Waals surface area contributed by atoms with Gasteiger partial charge >= 0.3 is 6.18 Å². The van der Waals surface area contributed by atoms with Gasteiger partial charge in [0, 0.05) is 61.9 Å². The van der Waals surface area contributed by atoms with Gasteiger partial charge in [0.25, 0.3) is 11.8 Å². The topological polar surface area (TPSA) is 80.2 Å². The van der Waals surface area contributed by atoms with Crippen molar-refractivity contribution < 1.29 is 31.5 Å². The van der Waals surface area contributed by atoms with E-state index in [0.29, 0.717) is 16.8 Å². The van der Waals surface area contributed by atoms with E-state index < -0.39 is 42.7 Å². The summed E-state index contributed by atoms with van der Waals surface area (Å²) >= 11 is 6.30. The molecule has 4 rings (SSSR count). The Hall–Kier alpha value is -3.12. The minimum atomic E-state index is -4.72. The molecule has 3 aromatic rings. The summed E-state index contributed by atoms with van der Waals surface area (Å²) in [5.41, 5.74) is 0.871. The number of nitrogens with zero attached hydrogens (tertiary/aromatic N) is 4. The van der Waals surface area contributed by atoms with E-state index in [1.54, 1.807) is 23.1 Å². The number of pyridine rings is 1. The van der Waals surface area contributed by atoms with Crippen molar-refractivity contribution >= 4 is 28.4 Å². The summed E-state index contributed by atoms with van der Waals surface area (Å²) in [5.74, 6) is -4.35. The molecule has 1 fully saturated rings. The summed E-state index contributed by atoms with van der Waals surface area (Å²) < 4.78 is 71.3. The minimum Gasteiger partial charge on any atom is -0.481 e. The van der Waals surface area contributed by atoms with Crippen molar-refractivity contribution in [2.45, 2.75) is 31.0 Å². The second-order valence-electron chi connectivity index (χ2n) is 8.30. The lowest BCUT2D eigenvalue weighted by Crippen LogP contribution is -2.45. The van der Waals surface area contributed by atoms with Gasteiger partial charge in [0.05, 0.1) is 29.3 Å². The highest BCUT2D eigenvalue weighted by molar-refractivity contribution is 6.35. The Morgan fingerprint density at radius 3 is 2.44 bits per heavy atom. The van der Waals surface area contributed by atoms with Crippen molar-refractivity contribution in [2.75, 3.05) is 26.7 Å². The molecular formula is C23H21ClF5N5O2. The number of piperidine rings is 1. The van der Waals surface area contributed by atoms with Gasteiger partial charge in [-0.05, 0) is 18.2 Å². The molecule has 7 nitrogen and oxygen atoms in total. The predicted octanol–water partition coefficient (Wildman–Crippen LogP) is 4.91. The maximum absolute atomic E-state index is 13.7. The molecule has 0 spiro atoms. The van der Waals surface area contributed by atoms with Gasteiger partial charge in [0.1, 0.15) is 0 Å². The molecule has 1 saturated heterocycles. The van der Waals surface area contributed by atoms with Gasteiger partial charge in [-0.3, -0.25) is 9.69 Å². The third kappa shape index (κ3) is 5.65. The van der Waals surface area contributed by atoms with Crippen LogP contribution >= 0.6 is 11.6 Å². The Morgan fingerprint density at radius 2 is 1.83 bits per heavy atom. The van der Waals surface area contributed by atoms with Crippen LogP contribution in [0.3, 0.4) is 0 Å². The van der Waals surface area contributed by atoms with Crippen LogP contribution in [0.15, 0.2) is 36.7 Å². The zero-order valence-corrected chi connectivity index (χ0v) is 19.7. The van der Waals surface area contributed by atoms with E-state index in [-0.39, 0.29) is 35.8 Å². The number of methoxy groups -OCH3 is 1. The van der Waals surface area contributed by atoms with Crippen LogP contribution < -0.4 is 10.1 Å². The zero-order valence-electron chi connectivity index (χ0n) is 19.0. The van der Waals surface area contributed by atoms with Crippen LogP contribution in [0.25, 0.3) is 10.9 Å². The maximum Gasteiger partial charge on any atom is 0.451 e. The third-order valence-electron chi connectivity index (χ3n) is 5.97. The smallest absolute Gasteiger partial charge is 0.451 e. The van der Waals surface area contributed by atoms with Crippen LogP contribution in [-0.2, 0) is 6.18 Å². The number of hydrogen-bond acceptors (Lipinski definition) is 6. The SMILES string of the molecule is COc1ccc2c(C(=O)NCC(c3cnc(C(F)(F)F)nc3)N3CCC(F)(F)CC3)c(Cl)ccc2n1. The first-order chi connectivity index (χ1) is 17.0. The molecule has 192 valence electrons. The van der Waals surface area contributed by atoms with E-state index in [2.05, 4.69) is 20.3 Å². The summed E-state index contributed by atoms with van der Waals surface area (Å²) in [6, 6.07) is 5.62. The molecule has 1 N–H and O–H groups in total. The summed E-state index contributed by atoms with van der Waals surface area (Å²) in [6.07, 6.45) is -3.55. The van der Waals surface area contributed by atoms with Crippen molar-refractivity contribution in [3.63, 3.8) is 0 Å². The van der Waals surface area contributed by atoms with E-state index in [1.807, 2.05) is 0 Å². The summed E-state index contributed by atoms with van der Waals surface area (Å²) in [6.45, 7) is -0.143. The van der Waals surface area contributed by atoms with Crippen molar-refractivity contribution in [3.8, 4) is 5.88 Å². The Bertz CT molecular complexity index is 1250. The molecule has 1 atom stereocenters. The predicted molar refractivity (Wildman–Crippen MR) is 121 cm³/mol. The number of fused-ring (bicyclic) bond motifs is 1. The standard InChI is InChI=1S/C23H21ClF5N5O2/c1-36-18-5-2-14-16(33-18)4-3-15(24)19(14)20(35)30-12-17(34-8-6-22(25,26)7-9-34)13-10-31-21(32-11-13)23(27,28)29/h2-5,10-11,17H,6-9,12H2,1H3,(H,30,35). The number of rotatable bonds is 6. The second-order valence-corrected chi connectivity index (χ2v) is 8.71. The quantitative estimate of drug-likeness (QED) is 0.457. The summed E-state index contributed by atoms with van der Waals surface area (Å²) in [7, 11) is 1.46. The van der Waals surface area contributed by atoms with Gasteiger partial charge in [-0.15, -0.1) is 0 Å². The molecule has 0 radical (unpaired) electrons. The number of carbonyl (C=O) groups is 1. The lowest BCUT2D eigenvalue weighted by molar-refractivity contribution is -0.145. The first-order valence-electron chi connectivity index (χ1n) is 10.9. The number of alkyl halides is 5. The highest BCUT2D eigenvalue weighted by Gasteiger charge is 2.38. The number of aromatic nitrogens is 3. The van der Waals surface area contributed by atoms with Crippen molar-refractivity contribution in [3.05, 3.63) is 58.6 Å². The first-order valence-corrected chi connectivity index (χ1v) is 11.3. The average molecular weight is 530 g/mol. The Balaban J connectivity index is 1.60. The Morgan fingerprint density at radius 1 is 1.17 bits per heavy atom. The molecule has 0 saturated carbocycles. The lowest BCUT2D eigenvalue weighted by Gasteiger charge is -2.37. The van der Waals surface area contributed by atoms with Crippen LogP contribution in [0.1, 0.15) is 40.6 Å². The van der Waals surface area contributed by atoms with Gasteiger partial charge in [0.15, 0.2) is 0 Å². The van der Waals surface area contributed by atoms with Gasteiger partial charge < -0.3 is 10.1 Å². The lowest BCUT2D eigenvalue weighted by atomic mass is 10.0. The number of nitrogens with one attached hydrogen (secondary N) is 1. The molecule has 0 bridgehead atoms. The fraction of sp³-hybridized carbons (Fsp3) is 0.391. The molecule has 1 aromatic carbocycles. The molecule has 1 aliphatic heterocycles. The molecule has 13 heteroatoms. The number of halogens is 6. The molecule has 1 aliphatic rings. The van der Waals surface area contributed by atoms with Crippen LogP contribution in [-0.4, -0.2) is 58.4 Å². The van der Waals surface area contributed by atoms with Crippen LogP contribution in [0, 0.1) is 0 Å². The van der Waals surface area contributed by atoms with E-state index >= 15 is 0 Å². The van der Waals surface area contributed by atoms with E-state index in [4.69, 9.17) is 16.3 Å². The van der Waals surface area contributed by atoms with Gasteiger partial charge in [-0.1, -0.05) is 11.6 Å². The van der Waals surface area contributed by atoms with Gasteiger partial charge in [0.2, 0.25) is 11.7 Å². The molecule has 2 aromatic heterocycles. The Kier molecular flexibility index (Phi) is 7.28. The van der Waals surface area contributed by atoms with Gasteiger partial charge in [-0.25, -0.2) is 23.7 Å². The fourth-order valence-electron chi connectivity index (χ4n) is 4.06. The van der Waals surface area contributed by atoms with Crippen molar-refractivity contribution in [2.24, 2.45) is 0 Å². The highest BCUT2D eigenvalue weighted by atomic mass is 35.5. The van der Waals surface area contributed by atoms with E-state index in [9.17, 15) is 26.7 Å². The molecule has 36 heavy (non-hydrogen) atoms. The van der Waals surface area contributed by atoms with Crippen LogP contribution in [0.5, 0.6) is 5.88 Å².